The topological polar surface area (TPSA) is 24.7 Å². The van der Waals surface area contributed by atoms with Crippen LogP contribution in [0.5, 0.6) is 0 Å². The van der Waals surface area contributed by atoms with Crippen molar-refractivity contribution >= 4 is 15.3 Å². The molecule has 0 fully saturated rings. The Hall–Kier alpha value is -2.05. The van der Waals surface area contributed by atoms with E-state index in [9.17, 15) is 0 Å². The van der Waals surface area contributed by atoms with Crippen LogP contribution in [0.25, 0.3) is 0 Å². The van der Waals surface area contributed by atoms with E-state index >= 15 is 0 Å². The average Bonchev–Trinajstić information content (AvgIpc) is 2.47. The predicted molar refractivity (Wildman–Crippen MR) is 82.7 cm³/mol. The smallest absolute Gasteiger partial charge is 0.108 e. The minimum absolute atomic E-state index is 0.386. The lowest BCUT2D eigenvalue weighted by molar-refractivity contribution is 1.29. The molecule has 0 bridgehead atoms. The van der Waals surface area contributed by atoms with E-state index in [0.717, 1.165) is 10.6 Å². The van der Waals surface area contributed by atoms with Crippen LogP contribution in [0, 0.1) is 12.3 Å². The van der Waals surface area contributed by atoms with Gasteiger partial charge in [0.25, 0.3) is 0 Å². The molecule has 2 rings (SSSR count). The molecule has 3 heteroatoms. The molecule has 1 unspecified atom stereocenters. The summed E-state index contributed by atoms with van der Waals surface area (Å²) in [5.41, 5.74) is 0.935. The van der Waals surface area contributed by atoms with E-state index in [4.69, 9.17) is 10.8 Å². The first kappa shape index (κ1) is 13.4. The van der Waals surface area contributed by atoms with Gasteiger partial charge in [0.15, 0.2) is 0 Å². The monoisotopic (exact) mass is 268 g/mol. The zero-order valence-corrected chi connectivity index (χ0v) is 11.7. The van der Waals surface area contributed by atoms with Crippen molar-refractivity contribution < 1.29 is 0 Å². The van der Waals surface area contributed by atoms with Gasteiger partial charge in [-0.3, -0.25) is 0 Å². The van der Waals surface area contributed by atoms with Gasteiger partial charge in [-0.2, -0.15) is 0 Å². The highest BCUT2D eigenvalue weighted by atomic mass is 32.2. The van der Waals surface area contributed by atoms with Crippen LogP contribution in [-0.4, -0.2) is 12.8 Å². The van der Waals surface area contributed by atoms with E-state index in [2.05, 4.69) is 28.7 Å². The van der Waals surface area contributed by atoms with E-state index in [-0.39, 0.29) is 0 Å². The van der Waals surface area contributed by atoms with E-state index in [1.54, 1.807) is 0 Å². The molecule has 1 atom stereocenters. The first-order valence-corrected chi connectivity index (χ1v) is 7.94. The Morgan fingerprint density at radius 1 is 1.00 bits per heavy atom. The molecule has 96 valence electrons. The van der Waals surface area contributed by atoms with Crippen LogP contribution in [0.1, 0.15) is 0 Å². The number of hydrogen-bond acceptors (Lipinski definition) is 2. The first-order valence-electron chi connectivity index (χ1n) is 5.98. The molecule has 0 N–H and O–H groups in total. The van der Waals surface area contributed by atoms with Gasteiger partial charge in [0.05, 0.1) is 5.69 Å². The Morgan fingerprint density at radius 2 is 1.58 bits per heavy atom. The van der Waals surface area contributed by atoms with Gasteiger partial charge >= 0.3 is 0 Å². The fourth-order valence-corrected chi connectivity index (χ4v) is 3.53. The third-order valence-electron chi connectivity index (χ3n) is 2.64. The maximum absolute atomic E-state index is 5.34. The summed E-state index contributed by atoms with van der Waals surface area (Å²) in [6.07, 6.45) is 7.40. The quantitative estimate of drug-likeness (QED) is 0.747. The van der Waals surface area contributed by atoms with Crippen LogP contribution in [0.3, 0.4) is 0 Å². The van der Waals surface area contributed by atoms with Crippen LogP contribution in [0.2, 0.25) is 0 Å². The first-order chi connectivity index (χ1) is 9.24. The van der Waals surface area contributed by atoms with Gasteiger partial charge in [-0.15, -0.1) is 6.42 Å². The van der Waals surface area contributed by atoms with Crippen molar-refractivity contribution in [2.75, 3.05) is 12.8 Å². The highest BCUT2D eigenvalue weighted by molar-refractivity contribution is 7.95. The molecule has 0 aliphatic rings. The van der Waals surface area contributed by atoms with Crippen molar-refractivity contribution in [3.05, 3.63) is 60.7 Å². The summed E-state index contributed by atoms with van der Waals surface area (Å²) in [5, 5.41) is 0. The molecular weight excluding hydrogens is 252 g/mol. The Balaban J connectivity index is 2.61. The molecule has 0 saturated carbocycles. The summed E-state index contributed by atoms with van der Waals surface area (Å²) >= 11 is 0. The van der Waals surface area contributed by atoms with Gasteiger partial charge in [0, 0.05) is 11.2 Å². The Morgan fingerprint density at radius 3 is 2.16 bits per heavy atom. The Kier molecular flexibility index (Phi) is 4.38. The lowest BCUT2D eigenvalue weighted by atomic mass is 10.3. The minimum Gasteiger partial charge on any atom is -0.237 e. The summed E-state index contributed by atoms with van der Waals surface area (Å²) in [6, 6.07) is 20.0. The third kappa shape index (κ3) is 3.46. The van der Waals surface area contributed by atoms with E-state index in [0.29, 0.717) is 6.54 Å². The molecule has 0 aliphatic heterocycles. The van der Waals surface area contributed by atoms with Crippen molar-refractivity contribution in [2.45, 2.75) is 4.90 Å². The summed E-state index contributed by atoms with van der Waals surface area (Å²) in [7, 11) is -1.63. The minimum atomic E-state index is -1.63. The van der Waals surface area contributed by atoms with Crippen LogP contribution < -0.4 is 0 Å². The number of rotatable bonds is 3. The lowest BCUT2D eigenvalue weighted by Gasteiger charge is -2.10. The second kappa shape index (κ2) is 6.21. The molecule has 2 aromatic carbocycles. The number of hydrogen-bond donors (Lipinski definition) is 0. The van der Waals surface area contributed by atoms with Crippen molar-refractivity contribution in [1.29, 1.82) is 0 Å². The van der Waals surface area contributed by atoms with Gasteiger partial charge in [-0.05, 0) is 33.9 Å². The molecule has 0 spiro atoms. The third-order valence-corrected chi connectivity index (χ3v) is 5.00. The molecule has 0 heterocycles. The van der Waals surface area contributed by atoms with Crippen LogP contribution in [-0.2, 0) is 9.62 Å². The van der Waals surface area contributed by atoms with E-state index < -0.39 is 9.62 Å². The molecule has 0 amide bonds. The van der Waals surface area contributed by atoms with Crippen LogP contribution in [0.15, 0.2) is 74.3 Å². The maximum atomic E-state index is 5.34. The standard InChI is InChI=1S/C16H16N2S/c1-3-14-17-19(2,16-12-8-5-9-13-16)18-15-10-6-4-7-11-15/h1,4-13H,14H2,2H3. The molecule has 19 heavy (non-hydrogen) atoms. The van der Waals surface area contributed by atoms with E-state index in [1.165, 1.54) is 0 Å². The normalized spacial score (nSPS) is 13.1. The second-order valence-electron chi connectivity index (χ2n) is 4.06. The van der Waals surface area contributed by atoms with Crippen LogP contribution in [0.4, 0.5) is 5.69 Å². The fourth-order valence-electron chi connectivity index (χ4n) is 1.69. The Labute approximate surface area is 115 Å². The lowest BCUT2D eigenvalue weighted by Crippen LogP contribution is -1.98. The molecular formula is C16H16N2S. The fraction of sp³-hybridized carbons (Fsp3) is 0.125. The van der Waals surface area contributed by atoms with Crippen molar-refractivity contribution in [3.63, 3.8) is 0 Å². The molecule has 0 aliphatic carbocycles. The molecule has 2 aromatic rings. The Bertz CT molecular complexity index is 689. The molecule has 2 nitrogen and oxygen atoms in total. The molecule has 0 aromatic heterocycles. The zero-order chi connectivity index (χ0) is 13.6. The highest BCUT2D eigenvalue weighted by Crippen LogP contribution is 2.21. The number of terminal acetylenes is 1. The number of nitrogens with zero attached hydrogens (tertiary/aromatic N) is 2. The number of benzene rings is 2. The van der Waals surface area contributed by atoms with Crippen LogP contribution >= 0.6 is 0 Å². The van der Waals surface area contributed by atoms with E-state index in [1.807, 2.05) is 48.5 Å². The molecule has 0 saturated heterocycles. The summed E-state index contributed by atoms with van der Waals surface area (Å²) < 4.78 is 9.44. The second-order valence-corrected chi connectivity index (χ2v) is 6.64. The van der Waals surface area contributed by atoms with Gasteiger partial charge in [0.2, 0.25) is 0 Å². The largest absolute Gasteiger partial charge is 0.237 e. The summed E-state index contributed by atoms with van der Waals surface area (Å²) in [6.45, 7) is 0.386. The summed E-state index contributed by atoms with van der Waals surface area (Å²) in [5.74, 6) is 2.57. The average molecular weight is 268 g/mol. The zero-order valence-electron chi connectivity index (χ0n) is 10.9. The predicted octanol–water partition coefficient (Wildman–Crippen LogP) is 4.16. The maximum Gasteiger partial charge on any atom is 0.108 e. The van der Waals surface area contributed by atoms with Gasteiger partial charge in [-0.25, -0.2) is 8.73 Å². The van der Waals surface area contributed by atoms with Crippen molar-refractivity contribution in [2.24, 2.45) is 8.73 Å². The SMILES string of the molecule is C#CCN=S(C)(=Nc1ccccc1)c1ccccc1. The van der Waals surface area contributed by atoms with Crippen molar-refractivity contribution in [1.82, 2.24) is 0 Å². The highest BCUT2D eigenvalue weighted by Gasteiger charge is 2.03. The van der Waals surface area contributed by atoms with Crippen molar-refractivity contribution in [3.8, 4) is 12.3 Å². The molecule has 0 radical (unpaired) electrons. The van der Waals surface area contributed by atoms with Gasteiger partial charge in [0.1, 0.15) is 6.54 Å². The van der Waals surface area contributed by atoms with Gasteiger partial charge in [-0.1, -0.05) is 42.3 Å². The summed E-state index contributed by atoms with van der Waals surface area (Å²) in [4.78, 5) is 1.12. The van der Waals surface area contributed by atoms with Gasteiger partial charge < -0.3 is 0 Å².